The number of rotatable bonds is 0. The molecule has 2 heteroatoms. The van der Waals surface area contributed by atoms with Gasteiger partial charge in [-0.05, 0) is 20.8 Å². The number of hydrogen-bond donors (Lipinski definition) is 2. The lowest BCUT2D eigenvalue weighted by atomic mass is 10.1. The van der Waals surface area contributed by atoms with Crippen molar-refractivity contribution in [3.8, 4) is 0 Å². The fourth-order valence-corrected chi connectivity index (χ4v) is 1.19. The van der Waals surface area contributed by atoms with Crippen molar-refractivity contribution in [3.05, 3.63) is 0 Å². The molecule has 0 bridgehead atoms. The molecule has 1 rings (SSSR count). The van der Waals surface area contributed by atoms with Gasteiger partial charge < -0.3 is 10.6 Å². The molecule has 0 radical (unpaired) electrons. The predicted octanol–water partition coefficient (Wildman–Crippen LogP) is 0.345. The highest BCUT2D eigenvalue weighted by Gasteiger charge is 2.18. The molecule has 1 saturated heterocycles. The van der Waals surface area contributed by atoms with Crippen LogP contribution in [0.25, 0.3) is 0 Å². The smallest absolute Gasteiger partial charge is 0.0193 e. The van der Waals surface area contributed by atoms with Gasteiger partial charge in [0.15, 0.2) is 0 Å². The Balaban J connectivity index is 2.35. The highest BCUT2D eigenvalue weighted by atomic mass is 15.1. The third-order valence-corrected chi connectivity index (χ3v) is 2.04. The lowest BCUT2D eigenvalue weighted by Crippen LogP contribution is -2.57. The van der Waals surface area contributed by atoms with Crippen molar-refractivity contribution in [3.63, 3.8) is 0 Å². The monoisotopic (exact) mass is 128 g/mol. The molecular weight excluding hydrogens is 112 g/mol. The standard InChI is InChI=1S/C7H16N2/c1-5-4-8-6(2)7(3)9-5/h5-9H,4H2,1-3H3/t5-,6-,7+/m1/s1. The summed E-state index contributed by atoms with van der Waals surface area (Å²) in [6, 6.07) is 1.88. The van der Waals surface area contributed by atoms with E-state index in [1.165, 1.54) is 0 Å². The van der Waals surface area contributed by atoms with Crippen LogP contribution < -0.4 is 10.6 Å². The van der Waals surface area contributed by atoms with E-state index in [1.807, 2.05) is 0 Å². The summed E-state index contributed by atoms with van der Waals surface area (Å²) in [5.74, 6) is 0. The molecule has 0 saturated carbocycles. The average Bonchev–Trinajstić information content (AvgIpc) is 1.80. The maximum atomic E-state index is 3.47. The zero-order valence-electron chi connectivity index (χ0n) is 6.44. The third kappa shape index (κ3) is 1.66. The second-order valence-corrected chi connectivity index (χ2v) is 3.05. The second kappa shape index (κ2) is 2.67. The zero-order valence-corrected chi connectivity index (χ0v) is 6.44. The van der Waals surface area contributed by atoms with Crippen LogP contribution in [-0.4, -0.2) is 24.7 Å². The van der Waals surface area contributed by atoms with E-state index in [0.717, 1.165) is 6.54 Å². The van der Waals surface area contributed by atoms with Gasteiger partial charge in [0.05, 0.1) is 0 Å². The Labute approximate surface area is 57.0 Å². The van der Waals surface area contributed by atoms with Crippen molar-refractivity contribution >= 4 is 0 Å². The first-order valence-corrected chi connectivity index (χ1v) is 3.69. The zero-order chi connectivity index (χ0) is 6.85. The second-order valence-electron chi connectivity index (χ2n) is 3.05. The molecule has 3 atom stereocenters. The largest absolute Gasteiger partial charge is 0.311 e. The van der Waals surface area contributed by atoms with E-state index in [0.29, 0.717) is 18.1 Å². The van der Waals surface area contributed by atoms with Crippen LogP contribution in [0.1, 0.15) is 20.8 Å². The highest BCUT2D eigenvalue weighted by Crippen LogP contribution is 1.99. The van der Waals surface area contributed by atoms with Gasteiger partial charge in [-0.25, -0.2) is 0 Å². The summed E-state index contributed by atoms with van der Waals surface area (Å²) in [5, 5.41) is 6.89. The van der Waals surface area contributed by atoms with Gasteiger partial charge >= 0.3 is 0 Å². The molecule has 1 aliphatic heterocycles. The van der Waals surface area contributed by atoms with Crippen LogP contribution >= 0.6 is 0 Å². The average molecular weight is 128 g/mol. The summed E-state index contributed by atoms with van der Waals surface area (Å²) in [5.41, 5.74) is 0. The van der Waals surface area contributed by atoms with Gasteiger partial charge in [0.25, 0.3) is 0 Å². The van der Waals surface area contributed by atoms with E-state index in [1.54, 1.807) is 0 Å². The molecule has 0 spiro atoms. The Morgan fingerprint density at radius 3 is 2.22 bits per heavy atom. The topological polar surface area (TPSA) is 24.1 Å². The third-order valence-electron chi connectivity index (χ3n) is 2.04. The molecule has 0 aliphatic carbocycles. The maximum absolute atomic E-state index is 3.47. The van der Waals surface area contributed by atoms with Crippen LogP contribution in [0.15, 0.2) is 0 Å². The highest BCUT2D eigenvalue weighted by molar-refractivity contribution is 4.84. The van der Waals surface area contributed by atoms with E-state index in [-0.39, 0.29) is 0 Å². The van der Waals surface area contributed by atoms with Crippen LogP contribution in [0.4, 0.5) is 0 Å². The molecule has 1 fully saturated rings. The Morgan fingerprint density at radius 1 is 1.11 bits per heavy atom. The Kier molecular flexibility index (Phi) is 2.09. The SMILES string of the molecule is C[C@@H]1CN[C@H](C)[C@H](C)N1. The van der Waals surface area contributed by atoms with Crippen LogP contribution in [0, 0.1) is 0 Å². The molecule has 2 N–H and O–H groups in total. The molecule has 0 unspecified atom stereocenters. The van der Waals surface area contributed by atoms with E-state index >= 15 is 0 Å². The van der Waals surface area contributed by atoms with E-state index < -0.39 is 0 Å². The van der Waals surface area contributed by atoms with Crippen LogP contribution in [0.3, 0.4) is 0 Å². The van der Waals surface area contributed by atoms with Crippen molar-refractivity contribution in [1.82, 2.24) is 10.6 Å². The van der Waals surface area contributed by atoms with Crippen molar-refractivity contribution in [1.29, 1.82) is 0 Å². The molecule has 0 aromatic rings. The fourth-order valence-electron chi connectivity index (χ4n) is 1.19. The Morgan fingerprint density at radius 2 is 1.78 bits per heavy atom. The van der Waals surface area contributed by atoms with Crippen molar-refractivity contribution < 1.29 is 0 Å². The normalized spacial score (nSPS) is 45.0. The molecular formula is C7H16N2. The van der Waals surface area contributed by atoms with Gasteiger partial charge in [-0.2, -0.15) is 0 Å². The van der Waals surface area contributed by atoms with Crippen molar-refractivity contribution in [2.75, 3.05) is 6.54 Å². The van der Waals surface area contributed by atoms with Crippen molar-refractivity contribution in [2.24, 2.45) is 0 Å². The van der Waals surface area contributed by atoms with Crippen molar-refractivity contribution in [2.45, 2.75) is 38.9 Å². The lowest BCUT2D eigenvalue weighted by molar-refractivity contribution is 0.305. The summed E-state index contributed by atoms with van der Waals surface area (Å²) < 4.78 is 0. The first-order valence-electron chi connectivity index (χ1n) is 3.69. The van der Waals surface area contributed by atoms with Gasteiger partial charge in [-0.15, -0.1) is 0 Å². The Bertz CT molecular complexity index is 92.9. The number of nitrogens with one attached hydrogen (secondary N) is 2. The molecule has 9 heavy (non-hydrogen) atoms. The molecule has 1 aliphatic rings. The minimum atomic E-state index is 0.619. The number of hydrogen-bond acceptors (Lipinski definition) is 2. The first-order chi connectivity index (χ1) is 4.20. The fraction of sp³-hybridized carbons (Fsp3) is 1.00. The van der Waals surface area contributed by atoms with Gasteiger partial charge in [-0.3, -0.25) is 0 Å². The van der Waals surface area contributed by atoms with Gasteiger partial charge in [0.2, 0.25) is 0 Å². The summed E-state index contributed by atoms with van der Waals surface area (Å²) in [6.45, 7) is 7.73. The summed E-state index contributed by atoms with van der Waals surface area (Å²) in [4.78, 5) is 0. The minimum absolute atomic E-state index is 0.619. The van der Waals surface area contributed by atoms with Crippen LogP contribution in [0.5, 0.6) is 0 Å². The molecule has 54 valence electrons. The van der Waals surface area contributed by atoms with Gasteiger partial charge in [-0.1, -0.05) is 0 Å². The molecule has 0 aromatic heterocycles. The molecule has 0 aromatic carbocycles. The van der Waals surface area contributed by atoms with E-state index in [9.17, 15) is 0 Å². The summed E-state index contributed by atoms with van der Waals surface area (Å²) in [7, 11) is 0. The molecule has 1 heterocycles. The first kappa shape index (κ1) is 7.03. The number of piperazine rings is 1. The summed E-state index contributed by atoms with van der Waals surface area (Å²) >= 11 is 0. The predicted molar refractivity (Wildman–Crippen MR) is 39.5 cm³/mol. The quantitative estimate of drug-likeness (QED) is 0.492. The van der Waals surface area contributed by atoms with Crippen LogP contribution in [-0.2, 0) is 0 Å². The molecule has 2 nitrogen and oxygen atoms in total. The van der Waals surface area contributed by atoms with Gasteiger partial charge in [0, 0.05) is 24.7 Å². The van der Waals surface area contributed by atoms with E-state index in [4.69, 9.17) is 0 Å². The van der Waals surface area contributed by atoms with Gasteiger partial charge in [0.1, 0.15) is 0 Å². The Hall–Kier alpha value is -0.0800. The minimum Gasteiger partial charge on any atom is -0.311 e. The lowest BCUT2D eigenvalue weighted by Gasteiger charge is -2.32. The maximum Gasteiger partial charge on any atom is 0.0193 e. The van der Waals surface area contributed by atoms with E-state index in [2.05, 4.69) is 31.4 Å². The van der Waals surface area contributed by atoms with Crippen LogP contribution in [0.2, 0.25) is 0 Å². The molecule has 0 amide bonds. The summed E-state index contributed by atoms with van der Waals surface area (Å²) in [6.07, 6.45) is 0.